The molecule has 1 aliphatic carbocycles. The smallest absolute Gasteiger partial charge is 0.256 e. The fourth-order valence-corrected chi connectivity index (χ4v) is 7.33. The molecule has 2 nitrogen and oxygen atoms in total. The summed E-state index contributed by atoms with van der Waals surface area (Å²) >= 11 is 26.8. The minimum atomic E-state index is -0.267. The van der Waals surface area contributed by atoms with Crippen molar-refractivity contribution in [3.63, 3.8) is 0 Å². The monoisotopic (exact) mass is 511 g/mol. The lowest BCUT2D eigenvalue weighted by Crippen LogP contribution is -2.44. The quantitative estimate of drug-likeness (QED) is 0.376. The van der Waals surface area contributed by atoms with Crippen molar-refractivity contribution in [2.24, 2.45) is 11.8 Å². The van der Waals surface area contributed by atoms with Crippen LogP contribution in [-0.2, 0) is 12.0 Å². The Hall–Kier alpha value is -0.930. The first-order valence-corrected chi connectivity index (χ1v) is 12.8. The van der Waals surface area contributed by atoms with Crippen LogP contribution in [0.5, 0.6) is 0 Å². The Bertz CT molecular complexity index is 1050. The number of benzene rings is 2. The van der Waals surface area contributed by atoms with Crippen LogP contribution in [-0.4, -0.2) is 17.4 Å². The number of rotatable bonds is 3. The van der Waals surface area contributed by atoms with Crippen LogP contribution in [0.25, 0.3) is 0 Å². The summed E-state index contributed by atoms with van der Waals surface area (Å²) in [5.74, 6) is 0.706. The van der Waals surface area contributed by atoms with Gasteiger partial charge in [-0.25, -0.2) is 0 Å². The lowest BCUT2D eigenvalue weighted by molar-refractivity contribution is 0.0612. The van der Waals surface area contributed by atoms with Crippen molar-refractivity contribution in [1.82, 2.24) is 4.90 Å². The van der Waals surface area contributed by atoms with Crippen molar-refractivity contribution in [1.29, 1.82) is 0 Å². The molecule has 3 atom stereocenters. The van der Waals surface area contributed by atoms with E-state index < -0.39 is 0 Å². The van der Waals surface area contributed by atoms with Gasteiger partial charge in [-0.2, -0.15) is 0 Å². The largest absolute Gasteiger partial charge is 0.334 e. The first-order chi connectivity index (χ1) is 15.1. The molecule has 2 aliphatic rings. The third-order valence-electron chi connectivity index (χ3n) is 7.57. The predicted molar refractivity (Wildman–Crippen MR) is 136 cm³/mol. The molecule has 0 N–H and O–H groups in total. The van der Waals surface area contributed by atoms with E-state index in [4.69, 9.17) is 46.4 Å². The summed E-state index contributed by atoms with van der Waals surface area (Å²) in [4.78, 5) is 16.0. The zero-order valence-electron chi connectivity index (χ0n) is 18.9. The van der Waals surface area contributed by atoms with Gasteiger partial charge in [0.25, 0.3) is 5.91 Å². The summed E-state index contributed by atoms with van der Waals surface area (Å²) in [6.07, 6.45) is 3.20. The fourth-order valence-electron chi connectivity index (χ4n) is 5.85. The number of amides is 1. The molecular formula is C26H29Cl4NO. The Labute approximate surface area is 211 Å². The maximum Gasteiger partial charge on any atom is 0.256 e. The average molecular weight is 513 g/mol. The van der Waals surface area contributed by atoms with Crippen molar-refractivity contribution in [2.75, 3.05) is 6.54 Å². The molecule has 6 heteroatoms. The predicted octanol–water partition coefficient (Wildman–Crippen LogP) is 8.77. The van der Waals surface area contributed by atoms with Crippen LogP contribution in [0.15, 0.2) is 24.3 Å². The molecule has 0 saturated heterocycles. The molecule has 0 aromatic heterocycles. The molecule has 172 valence electrons. The molecule has 1 heterocycles. The Balaban J connectivity index is 1.94. The molecule has 1 saturated carbocycles. The van der Waals surface area contributed by atoms with Crippen LogP contribution in [0.4, 0.5) is 0 Å². The fraction of sp³-hybridized carbons (Fsp3) is 0.500. The van der Waals surface area contributed by atoms with Gasteiger partial charge in [-0.05, 0) is 58.4 Å². The van der Waals surface area contributed by atoms with Crippen molar-refractivity contribution >= 4 is 52.3 Å². The van der Waals surface area contributed by atoms with Gasteiger partial charge < -0.3 is 4.90 Å². The van der Waals surface area contributed by atoms with E-state index in [2.05, 4.69) is 13.8 Å². The molecule has 0 radical (unpaired) electrons. The number of nitrogens with zero attached hydrogens (tertiary/aromatic N) is 1. The highest BCUT2D eigenvalue weighted by atomic mass is 35.5. The molecule has 0 bridgehead atoms. The summed E-state index contributed by atoms with van der Waals surface area (Å²) in [5, 5.41) is 2.12. The van der Waals surface area contributed by atoms with E-state index >= 15 is 0 Å². The normalized spacial score (nSPS) is 25.5. The second-order valence-corrected chi connectivity index (χ2v) is 11.5. The number of hydrogen-bond donors (Lipinski definition) is 0. The van der Waals surface area contributed by atoms with Crippen molar-refractivity contribution in [3.8, 4) is 0 Å². The van der Waals surface area contributed by atoms with Gasteiger partial charge in [0.2, 0.25) is 0 Å². The summed E-state index contributed by atoms with van der Waals surface area (Å²) in [6.45, 7) is 9.75. The second kappa shape index (κ2) is 9.02. The maximum absolute atomic E-state index is 14.1. The summed E-state index contributed by atoms with van der Waals surface area (Å²) < 4.78 is 0. The zero-order valence-corrected chi connectivity index (χ0v) is 22.0. The minimum Gasteiger partial charge on any atom is -0.334 e. The van der Waals surface area contributed by atoms with Crippen LogP contribution in [0.1, 0.15) is 79.9 Å². The van der Waals surface area contributed by atoms with E-state index in [9.17, 15) is 4.79 Å². The molecule has 1 amide bonds. The van der Waals surface area contributed by atoms with Gasteiger partial charge in [0, 0.05) is 18.1 Å². The SMILES string of the molecule is CC(C)c1c(Cl)c(Cl)c2c(c1Cl)C(=O)N(Cc1ccc(Cl)cc1)CC1C(C)CCCC21C. The van der Waals surface area contributed by atoms with E-state index in [1.54, 1.807) is 0 Å². The van der Waals surface area contributed by atoms with E-state index in [1.807, 2.05) is 43.0 Å². The van der Waals surface area contributed by atoms with Crippen molar-refractivity contribution in [2.45, 2.75) is 64.8 Å². The van der Waals surface area contributed by atoms with Gasteiger partial charge in [-0.15, -0.1) is 0 Å². The van der Waals surface area contributed by atoms with Gasteiger partial charge in [0.05, 0.1) is 20.6 Å². The van der Waals surface area contributed by atoms with E-state index in [0.29, 0.717) is 44.7 Å². The van der Waals surface area contributed by atoms with Gasteiger partial charge in [0.1, 0.15) is 0 Å². The second-order valence-electron chi connectivity index (χ2n) is 9.97. The molecule has 2 aromatic rings. The van der Waals surface area contributed by atoms with Gasteiger partial charge >= 0.3 is 0 Å². The molecule has 1 aliphatic heterocycles. The van der Waals surface area contributed by atoms with Crippen LogP contribution in [0.3, 0.4) is 0 Å². The Morgan fingerprint density at radius 3 is 2.34 bits per heavy atom. The van der Waals surface area contributed by atoms with E-state index in [-0.39, 0.29) is 23.2 Å². The topological polar surface area (TPSA) is 20.3 Å². The Morgan fingerprint density at radius 1 is 1.06 bits per heavy atom. The lowest BCUT2D eigenvalue weighted by atomic mass is 9.59. The highest BCUT2D eigenvalue weighted by Gasteiger charge is 2.49. The van der Waals surface area contributed by atoms with Crippen LogP contribution in [0, 0.1) is 11.8 Å². The number of halogens is 4. The first-order valence-electron chi connectivity index (χ1n) is 11.3. The third kappa shape index (κ3) is 3.96. The third-order valence-corrected chi connectivity index (χ3v) is 9.08. The van der Waals surface area contributed by atoms with Gasteiger partial charge in [-0.1, -0.05) is 99.1 Å². The minimum absolute atomic E-state index is 0.0486. The molecule has 2 aromatic carbocycles. The highest BCUT2D eigenvalue weighted by molar-refractivity contribution is 6.46. The molecular weight excluding hydrogens is 484 g/mol. The lowest BCUT2D eigenvalue weighted by Gasteiger charge is -2.46. The summed E-state index contributed by atoms with van der Waals surface area (Å²) in [5.41, 5.74) is 2.91. The summed E-state index contributed by atoms with van der Waals surface area (Å²) in [6, 6.07) is 7.67. The highest BCUT2D eigenvalue weighted by Crippen LogP contribution is 2.55. The maximum atomic E-state index is 14.1. The number of carbonyl (C=O) groups is 1. The van der Waals surface area contributed by atoms with Crippen LogP contribution < -0.4 is 0 Å². The number of hydrogen-bond acceptors (Lipinski definition) is 1. The van der Waals surface area contributed by atoms with Crippen molar-refractivity contribution < 1.29 is 4.79 Å². The van der Waals surface area contributed by atoms with Crippen LogP contribution >= 0.6 is 46.4 Å². The Kier molecular flexibility index (Phi) is 6.82. The summed E-state index contributed by atoms with van der Waals surface area (Å²) in [7, 11) is 0. The molecule has 32 heavy (non-hydrogen) atoms. The van der Waals surface area contributed by atoms with E-state index in [1.165, 1.54) is 0 Å². The van der Waals surface area contributed by atoms with Crippen LogP contribution in [0.2, 0.25) is 20.1 Å². The molecule has 0 spiro atoms. The van der Waals surface area contributed by atoms with Gasteiger partial charge in [-0.3, -0.25) is 4.79 Å². The molecule has 4 rings (SSSR count). The standard InChI is InChI=1S/C26H29Cl4NO/c1-14(2)19-22(28)20-21(24(30)23(19)29)26(4)11-5-6-15(3)18(26)13-31(25(20)32)12-16-7-9-17(27)10-8-16/h7-10,14-15,18H,5-6,11-13H2,1-4H3. The molecule has 3 unspecified atom stereocenters. The number of carbonyl (C=O) groups excluding carboxylic acids is 1. The number of fused-ring (bicyclic) bond motifs is 3. The van der Waals surface area contributed by atoms with Gasteiger partial charge in [0.15, 0.2) is 0 Å². The molecule has 1 fully saturated rings. The Morgan fingerprint density at radius 2 is 1.72 bits per heavy atom. The zero-order chi connectivity index (χ0) is 23.4. The van der Waals surface area contributed by atoms with E-state index in [0.717, 1.165) is 36.0 Å². The van der Waals surface area contributed by atoms with Crippen molar-refractivity contribution in [3.05, 3.63) is 66.6 Å². The average Bonchev–Trinajstić information content (AvgIpc) is 2.82. The first kappa shape index (κ1) is 24.2.